The molecule has 2 amide bonds. The summed E-state index contributed by atoms with van der Waals surface area (Å²) >= 11 is 0. The van der Waals surface area contributed by atoms with Gasteiger partial charge in [0, 0.05) is 31.0 Å². The second kappa shape index (κ2) is 11.0. The minimum Gasteiger partial charge on any atom is -0.369 e. The van der Waals surface area contributed by atoms with Gasteiger partial charge in [0.1, 0.15) is 0 Å². The predicted molar refractivity (Wildman–Crippen MR) is 110 cm³/mol. The number of likely N-dealkylation sites (tertiary alicyclic amines) is 2. The number of piperidine rings is 2. The summed E-state index contributed by atoms with van der Waals surface area (Å²) in [7, 11) is 0. The Balaban J connectivity index is 2.14. The van der Waals surface area contributed by atoms with Gasteiger partial charge in [-0.15, -0.1) is 0 Å². The van der Waals surface area contributed by atoms with Crippen molar-refractivity contribution in [1.29, 1.82) is 0 Å². The lowest BCUT2D eigenvalue weighted by Crippen LogP contribution is -2.53. The van der Waals surface area contributed by atoms with E-state index in [-0.39, 0.29) is 23.7 Å². The van der Waals surface area contributed by atoms with Crippen LogP contribution in [0.3, 0.4) is 0 Å². The van der Waals surface area contributed by atoms with Crippen molar-refractivity contribution in [2.24, 2.45) is 23.5 Å². The quantitative estimate of drug-likeness (QED) is 0.667. The number of nitrogens with zero attached hydrogens (tertiary/aromatic N) is 2. The zero-order valence-electron chi connectivity index (χ0n) is 17.8. The van der Waals surface area contributed by atoms with Gasteiger partial charge in [-0.2, -0.15) is 0 Å². The van der Waals surface area contributed by atoms with Crippen molar-refractivity contribution in [1.82, 2.24) is 9.80 Å². The largest absolute Gasteiger partial charge is 0.369 e. The third kappa shape index (κ3) is 6.48. The van der Waals surface area contributed by atoms with E-state index in [1.165, 1.54) is 25.7 Å². The number of primary amides is 1. The minimum absolute atomic E-state index is 0.183. The Morgan fingerprint density at radius 2 is 1.67 bits per heavy atom. The highest BCUT2D eigenvalue weighted by atomic mass is 16.2. The van der Waals surface area contributed by atoms with Crippen molar-refractivity contribution in [3.05, 3.63) is 0 Å². The fourth-order valence-electron chi connectivity index (χ4n) is 4.93. The minimum atomic E-state index is -0.331. The lowest BCUT2D eigenvalue weighted by molar-refractivity contribution is -0.145. The highest BCUT2D eigenvalue weighted by Gasteiger charge is 2.38. The maximum absolute atomic E-state index is 13.6. The molecule has 2 aliphatic heterocycles. The molecule has 3 unspecified atom stereocenters. The van der Waals surface area contributed by atoms with Crippen LogP contribution in [0.2, 0.25) is 0 Å². The average Bonchev–Trinajstić information content (AvgIpc) is 2.65. The summed E-state index contributed by atoms with van der Waals surface area (Å²) in [5, 5.41) is 0. The van der Waals surface area contributed by atoms with Crippen molar-refractivity contribution in [3.63, 3.8) is 0 Å². The van der Waals surface area contributed by atoms with Crippen LogP contribution in [0.25, 0.3) is 0 Å². The van der Waals surface area contributed by atoms with E-state index in [2.05, 4.69) is 30.6 Å². The van der Waals surface area contributed by atoms with E-state index in [1.807, 2.05) is 0 Å². The zero-order valence-corrected chi connectivity index (χ0v) is 17.8. The van der Waals surface area contributed by atoms with Crippen LogP contribution in [0, 0.1) is 17.8 Å². The Hall–Kier alpha value is -1.10. The second-order valence-electron chi connectivity index (χ2n) is 9.08. The highest BCUT2D eigenvalue weighted by Crippen LogP contribution is 2.30. The molecule has 3 atom stereocenters. The third-order valence-electron chi connectivity index (χ3n) is 6.32. The molecule has 2 N–H and O–H groups in total. The van der Waals surface area contributed by atoms with Crippen molar-refractivity contribution in [3.8, 4) is 0 Å². The number of hydrogen-bond donors (Lipinski definition) is 1. The maximum Gasteiger partial charge on any atom is 0.226 e. The molecule has 0 spiro atoms. The summed E-state index contributed by atoms with van der Waals surface area (Å²) in [4.78, 5) is 30.4. The number of amides is 2. The third-order valence-corrected chi connectivity index (χ3v) is 6.32. The van der Waals surface area contributed by atoms with Crippen LogP contribution >= 0.6 is 0 Å². The fraction of sp³-hybridized carbons (Fsp3) is 0.909. The Kier molecular flexibility index (Phi) is 9.07. The Labute approximate surface area is 166 Å². The van der Waals surface area contributed by atoms with Crippen LogP contribution in [0.15, 0.2) is 0 Å². The molecule has 156 valence electrons. The first-order valence-electron chi connectivity index (χ1n) is 11.3. The molecule has 0 aromatic rings. The number of carbonyl (C=O) groups excluding carboxylic acids is 2. The van der Waals surface area contributed by atoms with Crippen molar-refractivity contribution in [2.75, 3.05) is 26.2 Å². The molecule has 0 bridgehead atoms. The summed E-state index contributed by atoms with van der Waals surface area (Å²) in [6.07, 6.45) is 9.59. The molecule has 5 heteroatoms. The summed E-state index contributed by atoms with van der Waals surface area (Å²) in [5.74, 6) is -0.335. The zero-order chi connectivity index (χ0) is 19.8. The highest BCUT2D eigenvalue weighted by molar-refractivity contribution is 5.87. The van der Waals surface area contributed by atoms with Crippen molar-refractivity contribution < 1.29 is 9.59 Å². The van der Waals surface area contributed by atoms with Gasteiger partial charge in [0.25, 0.3) is 0 Å². The fourth-order valence-corrected chi connectivity index (χ4v) is 4.93. The molecule has 0 aromatic carbocycles. The SMILES string of the molecule is CCCC(C(N)=O)C(CC(C)C)C(=O)N1CCCCC1CN1CCCCC1. The van der Waals surface area contributed by atoms with E-state index in [4.69, 9.17) is 5.73 Å². The van der Waals surface area contributed by atoms with Gasteiger partial charge >= 0.3 is 0 Å². The van der Waals surface area contributed by atoms with Gasteiger partial charge in [-0.1, -0.05) is 33.6 Å². The van der Waals surface area contributed by atoms with E-state index in [9.17, 15) is 9.59 Å². The maximum atomic E-state index is 13.6. The van der Waals surface area contributed by atoms with Crippen molar-refractivity contribution >= 4 is 11.8 Å². The number of carbonyl (C=O) groups is 2. The molecular weight excluding hydrogens is 338 g/mol. The first kappa shape index (κ1) is 22.2. The lowest BCUT2D eigenvalue weighted by Gasteiger charge is -2.42. The first-order chi connectivity index (χ1) is 12.9. The Morgan fingerprint density at radius 3 is 2.26 bits per heavy atom. The summed E-state index contributed by atoms with van der Waals surface area (Å²) in [6.45, 7) is 10.5. The average molecular weight is 380 g/mol. The molecule has 2 saturated heterocycles. The van der Waals surface area contributed by atoms with Gasteiger partial charge in [0.2, 0.25) is 11.8 Å². The number of hydrogen-bond acceptors (Lipinski definition) is 3. The van der Waals surface area contributed by atoms with Gasteiger partial charge in [0.05, 0.1) is 0 Å². The van der Waals surface area contributed by atoms with Gasteiger partial charge in [-0.25, -0.2) is 0 Å². The van der Waals surface area contributed by atoms with Crippen LogP contribution in [0.5, 0.6) is 0 Å². The van der Waals surface area contributed by atoms with Gasteiger partial charge in [0.15, 0.2) is 0 Å². The lowest BCUT2D eigenvalue weighted by atomic mass is 9.80. The van der Waals surface area contributed by atoms with E-state index in [1.54, 1.807) is 0 Å². The number of rotatable bonds is 9. The molecule has 5 nitrogen and oxygen atoms in total. The summed E-state index contributed by atoms with van der Waals surface area (Å²) in [5.41, 5.74) is 5.73. The topological polar surface area (TPSA) is 66.6 Å². The summed E-state index contributed by atoms with van der Waals surface area (Å²) in [6, 6.07) is 0.300. The van der Waals surface area contributed by atoms with Gasteiger partial charge in [-0.05, 0) is 64.0 Å². The molecule has 0 aromatic heterocycles. The Morgan fingerprint density at radius 1 is 1.00 bits per heavy atom. The second-order valence-corrected chi connectivity index (χ2v) is 9.08. The smallest absolute Gasteiger partial charge is 0.226 e. The number of nitrogens with two attached hydrogens (primary N) is 1. The standard InChI is InChI=1S/C22H41N3O2/c1-4-10-19(21(23)26)20(15-17(2)3)22(27)25-14-9-6-11-18(25)16-24-12-7-5-8-13-24/h17-20H,4-16H2,1-3H3,(H2,23,26). The molecular formula is C22H41N3O2. The van der Waals surface area contributed by atoms with Crippen LogP contribution in [-0.4, -0.2) is 53.8 Å². The molecule has 0 saturated carbocycles. The molecule has 2 aliphatic rings. The van der Waals surface area contributed by atoms with E-state index >= 15 is 0 Å². The van der Waals surface area contributed by atoms with Crippen molar-refractivity contribution in [2.45, 2.75) is 84.6 Å². The van der Waals surface area contributed by atoms with E-state index < -0.39 is 0 Å². The molecule has 2 fully saturated rings. The van der Waals surface area contributed by atoms with Crippen LogP contribution < -0.4 is 5.73 Å². The summed E-state index contributed by atoms with van der Waals surface area (Å²) < 4.78 is 0. The van der Waals surface area contributed by atoms with Gasteiger partial charge in [-0.3, -0.25) is 9.59 Å². The van der Waals surface area contributed by atoms with Crippen LogP contribution in [0.1, 0.15) is 78.6 Å². The molecule has 2 rings (SSSR count). The van der Waals surface area contributed by atoms with Gasteiger partial charge < -0.3 is 15.5 Å². The first-order valence-corrected chi connectivity index (χ1v) is 11.3. The van der Waals surface area contributed by atoms with Crippen LogP contribution in [-0.2, 0) is 9.59 Å². The molecule has 27 heavy (non-hydrogen) atoms. The monoisotopic (exact) mass is 379 g/mol. The molecule has 2 heterocycles. The Bertz CT molecular complexity index is 474. The van der Waals surface area contributed by atoms with E-state index in [0.29, 0.717) is 18.4 Å². The normalized spacial score (nSPS) is 24.0. The predicted octanol–water partition coefficient (Wildman–Crippen LogP) is 3.42. The van der Waals surface area contributed by atoms with E-state index in [0.717, 1.165) is 51.9 Å². The van der Waals surface area contributed by atoms with Crippen LogP contribution in [0.4, 0.5) is 0 Å². The molecule has 0 radical (unpaired) electrons. The molecule has 0 aliphatic carbocycles.